The summed E-state index contributed by atoms with van der Waals surface area (Å²) in [5.74, 6) is 1.10. The molecule has 0 atom stereocenters. The number of hydrogen-bond donors (Lipinski definition) is 3. The Morgan fingerprint density at radius 3 is 2.55 bits per heavy atom. The van der Waals surface area contributed by atoms with E-state index >= 15 is 0 Å². The Balaban J connectivity index is 1.55. The number of nitrogens with one attached hydrogen (secondary N) is 3. The molecule has 0 aliphatic heterocycles. The Kier molecular flexibility index (Phi) is 8.62. The molecule has 3 aromatic rings. The van der Waals surface area contributed by atoms with E-state index < -0.39 is 0 Å². The van der Waals surface area contributed by atoms with E-state index in [4.69, 9.17) is 21.4 Å². The smallest absolute Gasteiger partial charge is 0.257 e. The van der Waals surface area contributed by atoms with E-state index in [1.807, 2.05) is 0 Å². The van der Waals surface area contributed by atoms with Gasteiger partial charge in [0.25, 0.3) is 11.8 Å². The van der Waals surface area contributed by atoms with Crippen LogP contribution in [0.4, 0.5) is 5.69 Å². The molecule has 3 rings (SSSR count). The van der Waals surface area contributed by atoms with Gasteiger partial charge >= 0.3 is 0 Å². The van der Waals surface area contributed by atoms with Gasteiger partial charge in [0.2, 0.25) is 0 Å². The molecule has 9 heteroatoms. The second-order valence-electron chi connectivity index (χ2n) is 7.60. The van der Waals surface area contributed by atoms with Crippen molar-refractivity contribution in [2.24, 2.45) is 5.92 Å². The van der Waals surface area contributed by atoms with Gasteiger partial charge < -0.3 is 19.8 Å². The number of carbonyl (C=O) groups excluding carboxylic acids is 2. The molecule has 1 heterocycles. The zero-order valence-electron chi connectivity index (χ0n) is 18.2. The lowest BCUT2D eigenvalue weighted by molar-refractivity contribution is 0.0946. The number of ether oxygens (including phenoxy) is 1. The highest BCUT2D eigenvalue weighted by Crippen LogP contribution is 2.26. The highest BCUT2D eigenvalue weighted by molar-refractivity contribution is 9.10. The van der Waals surface area contributed by atoms with Crippen molar-refractivity contribution in [2.45, 2.75) is 20.4 Å². The summed E-state index contributed by atoms with van der Waals surface area (Å²) in [4.78, 5) is 25.0. The highest BCUT2D eigenvalue weighted by Gasteiger charge is 2.12. The van der Waals surface area contributed by atoms with Crippen molar-refractivity contribution in [2.75, 3.05) is 11.9 Å². The lowest BCUT2D eigenvalue weighted by Crippen LogP contribution is -2.34. The van der Waals surface area contributed by atoms with Crippen LogP contribution in [0.3, 0.4) is 0 Å². The maximum atomic E-state index is 12.6. The van der Waals surface area contributed by atoms with Gasteiger partial charge in [0, 0.05) is 16.8 Å². The molecule has 0 spiro atoms. The van der Waals surface area contributed by atoms with Gasteiger partial charge in [-0.05, 0) is 82.6 Å². The summed E-state index contributed by atoms with van der Waals surface area (Å²) in [6.45, 7) is 4.99. The van der Waals surface area contributed by atoms with Gasteiger partial charge in [-0.1, -0.05) is 19.9 Å². The van der Waals surface area contributed by atoms with Crippen molar-refractivity contribution in [1.82, 2.24) is 10.6 Å². The Morgan fingerprint density at radius 2 is 1.85 bits per heavy atom. The van der Waals surface area contributed by atoms with Crippen molar-refractivity contribution >= 4 is 50.8 Å². The van der Waals surface area contributed by atoms with E-state index in [-0.39, 0.29) is 23.5 Å². The second kappa shape index (κ2) is 11.6. The third-order valence-corrected chi connectivity index (χ3v) is 5.20. The summed E-state index contributed by atoms with van der Waals surface area (Å²) >= 11 is 8.70. The maximum absolute atomic E-state index is 12.6. The number of rotatable bonds is 8. The largest absolute Gasteiger partial charge is 0.492 e. The zero-order chi connectivity index (χ0) is 23.8. The van der Waals surface area contributed by atoms with Gasteiger partial charge in [-0.25, -0.2) is 0 Å². The predicted molar refractivity (Wildman–Crippen MR) is 134 cm³/mol. The monoisotopic (exact) mass is 529 g/mol. The minimum atomic E-state index is -0.365. The molecule has 0 saturated heterocycles. The number of amides is 2. The molecule has 0 aliphatic carbocycles. The molecular weight excluding hydrogens is 506 g/mol. The molecule has 0 bridgehead atoms. The molecule has 0 unspecified atom stereocenters. The van der Waals surface area contributed by atoms with Crippen LogP contribution in [0.25, 0.3) is 0 Å². The average Bonchev–Trinajstić information content (AvgIpc) is 3.30. The fourth-order valence-electron chi connectivity index (χ4n) is 2.77. The van der Waals surface area contributed by atoms with Crippen molar-refractivity contribution in [3.05, 3.63) is 82.2 Å². The predicted octanol–water partition coefficient (Wildman–Crippen LogP) is 5.13. The van der Waals surface area contributed by atoms with Crippen LogP contribution >= 0.6 is 28.1 Å². The molecule has 0 aliphatic rings. The number of anilines is 1. The number of benzene rings is 2. The van der Waals surface area contributed by atoms with E-state index in [1.165, 1.54) is 0 Å². The molecule has 2 aromatic carbocycles. The van der Waals surface area contributed by atoms with Gasteiger partial charge in [0.15, 0.2) is 5.11 Å². The Hall–Kier alpha value is -3.17. The van der Waals surface area contributed by atoms with Crippen LogP contribution in [0.1, 0.15) is 40.3 Å². The minimum Gasteiger partial charge on any atom is -0.492 e. The third kappa shape index (κ3) is 7.44. The summed E-state index contributed by atoms with van der Waals surface area (Å²) in [5, 5.41) is 8.47. The summed E-state index contributed by atoms with van der Waals surface area (Å²) in [6, 6.07) is 15.4. The maximum Gasteiger partial charge on any atom is 0.257 e. The molecular formula is C24H24BrN3O4S. The Morgan fingerprint density at radius 1 is 1.06 bits per heavy atom. The SMILES string of the molecule is CC(C)COc1ccc(C(=O)NC(=S)Nc2cccc(C(=O)NCc3ccco3)c2)cc1Br. The first kappa shape index (κ1) is 24.5. The van der Waals surface area contributed by atoms with Crippen LogP contribution < -0.4 is 20.7 Å². The molecule has 3 N–H and O–H groups in total. The van der Waals surface area contributed by atoms with E-state index in [9.17, 15) is 9.59 Å². The summed E-state index contributed by atoms with van der Waals surface area (Å²) in [5.41, 5.74) is 1.44. The number of thiocarbonyl (C=S) groups is 1. The van der Waals surface area contributed by atoms with Gasteiger partial charge in [0.1, 0.15) is 11.5 Å². The summed E-state index contributed by atoms with van der Waals surface area (Å²) < 4.78 is 11.6. The van der Waals surface area contributed by atoms with E-state index in [0.717, 1.165) is 0 Å². The fraction of sp³-hybridized carbons (Fsp3) is 0.208. The summed E-state index contributed by atoms with van der Waals surface area (Å²) in [7, 11) is 0. The van der Waals surface area contributed by atoms with Crippen molar-refractivity contribution in [3.8, 4) is 5.75 Å². The minimum absolute atomic E-state index is 0.115. The first-order valence-corrected chi connectivity index (χ1v) is 11.5. The number of furan rings is 1. The quantitative estimate of drug-likeness (QED) is 0.350. The van der Waals surface area contributed by atoms with Gasteiger partial charge in [0.05, 0.1) is 23.9 Å². The van der Waals surface area contributed by atoms with Gasteiger partial charge in [-0.15, -0.1) is 0 Å². The Bertz CT molecular complexity index is 1130. The molecule has 33 heavy (non-hydrogen) atoms. The van der Waals surface area contributed by atoms with E-state index in [0.29, 0.717) is 45.3 Å². The average molecular weight is 530 g/mol. The lowest BCUT2D eigenvalue weighted by Gasteiger charge is -2.13. The number of hydrogen-bond acceptors (Lipinski definition) is 5. The zero-order valence-corrected chi connectivity index (χ0v) is 20.6. The molecule has 172 valence electrons. The topological polar surface area (TPSA) is 92.6 Å². The summed E-state index contributed by atoms with van der Waals surface area (Å²) in [6.07, 6.45) is 1.55. The van der Waals surface area contributed by atoms with Crippen LogP contribution in [0.5, 0.6) is 5.75 Å². The van der Waals surface area contributed by atoms with Crippen molar-refractivity contribution < 1.29 is 18.7 Å². The second-order valence-corrected chi connectivity index (χ2v) is 8.86. The highest BCUT2D eigenvalue weighted by atomic mass is 79.9. The first-order chi connectivity index (χ1) is 15.8. The van der Waals surface area contributed by atoms with Crippen LogP contribution in [0.2, 0.25) is 0 Å². The molecule has 0 radical (unpaired) electrons. The first-order valence-electron chi connectivity index (χ1n) is 10.3. The molecule has 7 nitrogen and oxygen atoms in total. The van der Waals surface area contributed by atoms with Gasteiger partial charge in [-0.3, -0.25) is 14.9 Å². The molecule has 1 aromatic heterocycles. The number of halogens is 1. The standard InChI is InChI=1S/C24H24BrN3O4S/c1-15(2)14-32-21-9-8-17(12-20(21)25)23(30)28-24(33)27-18-6-3-5-16(11-18)22(29)26-13-19-7-4-10-31-19/h3-12,15H,13-14H2,1-2H3,(H,26,29)(H2,27,28,30,33). The van der Waals surface area contributed by atoms with Gasteiger partial charge in [-0.2, -0.15) is 0 Å². The van der Waals surface area contributed by atoms with E-state index in [2.05, 4.69) is 45.7 Å². The lowest BCUT2D eigenvalue weighted by atomic mass is 10.2. The van der Waals surface area contributed by atoms with Crippen LogP contribution in [-0.4, -0.2) is 23.5 Å². The molecule has 0 fully saturated rings. The van der Waals surface area contributed by atoms with Crippen LogP contribution in [0.15, 0.2) is 69.8 Å². The van der Waals surface area contributed by atoms with Crippen LogP contribution in [0, 0.1) is 5.92 Å². The van der Waals surface area contributed by atoms with Crippen molar-refractivity contribution in [1.29, 1.82) is 0 Å². The molecule has 0 saturated carbocycles. The normalized spacial score (nSPS) is 10.5. The van der Waals surface area contributed by atoms with Crippen LogP contribution in [-0.2, 0) is 6.54 Å². The third-order valence-electron chi connectivity index (χ3n) is 4.38. The number of carbonyl (C=O) groups is 2. The Labute approximate surface area is 206 Å². The molecule has 2 amide bonds. The fourth-order valence-corrected chi connectivity index (χ4v) is 3.48. The van der Waals surface area contributed by atoms with Crippen molar-refractivity contribution in [3.63, 3.8) is 0 Å². The van der Waals surface area contributed by atoms with E-state index in [1.54, 1.807) is 60.9 Å².